The molecular weight excluding hydrogens is 300 g/mol. The van der Waals surface area contributed by atoms with Gasteiger partial charge in [-0.05, 0) is 25.1 Å². The minimum Gasteiger partial charge on any atom is -0.460 e. The number of rotatable bonds is 3. The van der Waals surface area contributed by atoms with E-state index in [0.717, 1.165) is 10.9 Å². The van der Waals surface area contributed by atoms with Gasteiger partial charge in [-0.25, -0.2) is 14.8 Å². The van der Waals surface area contributed by atoms with Crippen LogP contribution in [0.1, 0.15) is 17.5 Å². The van der Waals surface area contributed by atoms with Gasteiger partial charge in [0.25, 0.3) is 0 Å². The first-order valence-electron chi connectivity index (χ1n) is 6.89. The molecule has 110 valence electrons. The van der Waals surface area contributed by atoms with Crippen LogP contribution in [0.3, 0.4) is 0 Å². The molecule has 0 amide bonds. The highest BCUT2D eigenvalue weighted by molar-refractivity contribution is 6.31. The predicted molar refractivity (Wildman–Crippen MR) is 85.9 cm³/mol. The molecular formula is C17H13ClN2O2. The fraction of sp³-hybridized carbons (Fsp3) is 0.118. The standard InChI is InChI=1S/C17H13ClN2O2/c1-2-22-17(21)16-19-14-9-8-12(18)10-13(14)15(20-16)11-6-4-3-5-7-11/h3-10H,2H2,1H3. The van der Waals surface area contributed by atoms with Gasteiger partial charge in [-0.3, -0.25) is 0 Å². The summed E-state index contributed by atoms with van der Waals surface area (Å²) in [6.45, 7) is 2.03. The maximum absolute atomic E-state index is 12.0. The molecule has 0 aliphatic heterocycles. The lowest BCUT2D eigenvalue weighted by molar-refractivity contribution is 0.0512. The number of hydrogen-bond donors (Lipinski definition) is 0. The maximum Gasteiger partial charge on any atom is 0.376 e. The zero-order valence-electron chi connectivity index (χ0n) is 11.9. The van der Waals surface area contributed by atoms with Crippen molar-refractivity contribution in [3.8, 4) is 11.3 Å². The molecule has 0 radical (unpaired) electrons. The van der Waals surface area contributed by atoms with Gasteiger partial charge in [0.1, 0.15) is 0 Å². The fourth-order valence-electron chi connectivity index (χ4n) is 2.20. The Morgan fingerprint density at radius 1 is 1.14 bits per heavy atom. The Morgan fingerprint density at radius 3 is 2.64 bits per heavy atom. The lowest BCUT2D eigenvalue weighted by atomic mass is 10.1. The van der Waals surface area contributed by atoms with Crippen molar-refractivity contribution in [1.29, 1.82) is 0 Å². The highest BCUT2D eigenvalue weighted by Crippen LogP contribution is 2.28. The molecule has 0 unspecified atom stereocenters. The van der Waals surface area contributed by atoms with E-state index >= 15 is 0 Å². The van der Waals surface area contributed by atoms with Crippen LogP contribution in [-0.4, -0.2) is 22.5 Å². The van der Waals surface area contributed by atoms with Crippen LogP contribution in [0.2, 0.25) is 5.02 Å². The second-order valence-electron chi connectivity index (χ2n) is 4.64. The summed E-state index contributed by atoms with van der Waals surface area (Å²) in [5.74, 6) is -0.480. The van der Waals surface area contributed by atoms with Crippen molar-refractivity contribution in [2.24, 2.45) is 0 Å². The molecule has 1 aromatic heterocycles. The van der Waals surface area contributed by atoms with E-state index in [2.05, 4.69) is 9.97 Å². The molecule has 0 spiro atoms. The number of aromatic nitrogens is 2. The van der Waals surface area contributed by atoms with Gasteiger partial charge in [0.05, 0.1) is 17.8 Å². The third-order valence-electron chi connectivity index (χ3n) is 3.16. The third kappa shape index (κ3) is 2.78. The van der Waals surface area contributed by atoms with Gasteiger partial charge in [-0.1, -0.05) is 41.9 Å². The second-order valence-corrected chi connectivity index (χ2v) is 5.08. The zero-order valence-corrected chi connectivity index (χ0v) is 12.7. The number of carbonyl (C=O) groups is 1. The molecule has 0 saturated carbocycles. The van der Waals surface area contributed by atoms with Gasteiger partial charge >= 0.3 is 5.97 Å². The highest BCUT2D eigenvalue weighted by atomic mass is 35.5. The number of carbonyl (C=O) groups excluding carboxylic acids is 1. The molecule has 5 heteroatoms. The summed E-state index contributed by atoms with van der Waals surface area (Å²) in [6.07, 6.45) is 0. The Labute approximate surface area is 132 Å². The molecule has 0 saturated heterocycles. The van der Waals surface area contributed by atoms with Gasteiger partial charge in [0, 0.05) is 16.0 Å². The van der Waals surface area contributed by atoms with E-state index in [1.54, 1.807) is 25.1 Å². The zero-order chi connectivity index (χ0) is 15.5. The van der Waals surface area contributed by atoms with Crippen LogP contribution < -0.4 is 0 Å². The molecule has 0 fully saturated rings. The summed E-state index contributed by atoms with van der Waals surface area (Å²) >= 11 is 6.08. The number of nitrogens with zero attached hydrogens (tertiary/aromatic N) is 2. The van der Waals surface area contributed by atoms with Crippen molar-refractivity contribution in [3.05, 3.63) is 59.4 Å². The SMILES string of the molecule is CCOC(=O)c1nc(-c2ccccc2)c2cc(Cl)ccc2n1. The minimum atomic E-state index is -0.531. The fourth-order valence-corrected chi connectivity index (χ4v) is 2.38. The van der Waals surface area contributed by atoms with Crippen molar-refractivity contribution >= 4 is 28.5 Å². The number of fused-ring (bicyclic) bond motifs is 1. The summed E-state index contributed by atoms with van der Waals surface area (Å²) in [5, 5.41) is 1.39. The average Bonchev–Trinajstić information content (AvgIpc) is 2.55. The van der Waals surface area contributed by atoms with E-state index in [-0.39, 0.29) is 12.4 Å². The van der Waals surface area contributed by atoms with Gasteiger partial charge < -0.3 is 4.74 Å². The van der Waals surface area contributed by atoms with Crippen LogP contribution in [0.25, 0.3) is 22.2 Å². The lowest BCUT2D eigenvalue weighted by Gasteiger charge is -2.09. The third-order valence-corrected chi connectivity index (χ3v) is 3.40. The summed E-state index contributed by atoms with van der Waals surface area (Å²) in [7, 11) is 0. The summed E-state index contributed by atoms with van der Waals surface area (Å²) < 4.78 is 5.00. The predicted octanol–water partition coefficient (Wildman–Crippen LogP) is 4.13. The topological polar surface area (TPSA) is 52.1 Å². The Kier molecular flexibility index (Phi) is 4.02. The van der Waals surface area contributed by atoms with E-state index in [0.29, 0.717) is 16.2 Å². The molecule has 2 aromatic carbocycles. The molecule has 0 aliphatic carbocycles. The molecule has 0 bridgehead atoms. The number of hydrogen-bond acceptors (Lipinski definition) is 4. The van der Waals surface area contributed by atoms with Crippen LogP contribution in [0.4, 0.5) is 0 Å². The first-order valence-corrected chi connectivity index (χ1v) is 7.26. The smallest absolute Gasteiger partial charge is 0.376 e. The van der Waals surface area contributed by atoms with E-state index in [4.69, 9.17) is 16.3 Å². The Hall–Kier alpha value is -2.46. The van der Waals surface area contributed by atoms with Gasteiger partial charge in [0.15, 0.2) is 0 Å². The Bertz CT molecular complexity index is 835. The summed E-state index contributed by atoms with van der Waals surface area (Å²) in [6, 6.07) is 14.9. The van der Waals surface area contributed by atoms with E-state index in [9.17, 15) is 4.79 Å². The lowest BCUT2D eigenvalue weighted by Crippen LogP contribution is -2.10. The first-order chi connectivity index (χ1) is 10.7. The molecule has 4 nitrogen and oxygen atoms in total. The molecule has 3 aromatic rings. The van der Waals surface area contributed by atoms with Crippen molar-refractivity contribution in [1.82, 2.24) is 9.97 Å². The van der Waals surface area contributed by atoms with Gasteiger partial charge in [-0.2, -0.15) is 0 Å². The molecule has 0 atom stereocenters. The molecule has 22 heavy (non-hydrogen) atoms. The van der Waals surface area contributed by atoms with Crippen LogP contribution >= 0.6 is 11.6 Å². The molecule has 0 aliphatic rings. The van der Waals surface area contributed by atoms with Crippen LogP contribution in [0, 0.1) is 0 Å². The quantitative estimate of drug-likeness (QED) is 0.682. The van der Waals surface area contributed by atoms with Crippen molar-refractivity contribution in [2.75, 3.05) is 6.61 Å². The summed E-state index contributed by atoms with van der Waals surface area (Å²) in [4.78, 5) is 20.6. The highest BCUT2D eigenvalue weighted by Gasteiger charge is 2.16. The van der Waals surface area contributed by atoms with Gasteiger partial charge in [0.2, 0.25) is 5.82 Å². The van der Waals surface area contributed by atoms with E-state index in [1.165, 1.54) is 0 Å². The maximum atomic E-state index is 12.0. The number of benzene rings is 2. The minimum absolute atomic E-state index is 0.0514. The van der Waals surface area contributed by atoms with Crippen LogP contribution in [0.15, 0.2) is 48.5 Å². The first kappa shape index (κ1) is 14.5. The number of esters is 1. The van der Waals surface area contributed by atoms with Crippen LogP contribution in [0.5, 0.6) is 0 Å². The monoisotopic (exact) mass is 312 g/mol. The molecule has 1 heterocycles. The van der Waals surface area contributed by atoms with E-state index in [1.807, 2.05) is 30.3 Å². The number of halogens is 1. The Balaban J connectivity index is 2.26. The molecule has 3 rings (SSSR count). The summed E-state index contributed by atoms with van der Waals surface area (Å²) in [5.41, 5.74) is 2.21. The average molecular weight is 313 g/mol. The Morgan fingerprint density at radius 2 is 1.91 bits per heavy atom. The largest absolute Gasteiger partial charge is 0.460 e. The van der Waals surface area contributed by atoms with Crippen molar-refractivity contribution < 1.29 is 9.53 Å². The molecule has 0 N–H and O–H groups in total. The normalized spacial score (nSPS) is 10.6. The van der Waals surface area contributed by atoms with E-state index < -0.39 is 5.97 Å². The second kappa shape index (κ2) is 6.12. The number of ether oxygens (including phenoxy) is 1. The van der Waals surface area contributed by atoms with Crippen LogP contribution in [-0.2, 0) is 4.74 Å². The van der Waals surface area contributed by atoms with Crippen molar-refractivity contribution in [2.45, 2.75) is 6.92 Å². The van der Waals surface area contributed by atoms with Crippen molar-refractivity contribution in [3.63, 3.8) is 0 Å². The van der Waals surface area contributed by atoms with Gasteiger partial charge in [-0.15, -0.1) is 0 Å².